The number of sulfonamides is 1. The molecule has 1 heterocycles. The van der Waals surface area contributed by atoms with Gasteiger partial charge in [0.25, 0.3) is 15.2 Å². The Balaban J connectivity index is 2.42. The molecular formula is C9H16N4O2S. The molecule has 1 saturated carbocycles. The highest BCUT2D eigenvalue weighted by Gasteiger charge is 2.28. The molecule has 2 rings (SSSR count). The molecule has 16 heavy (non-hydrogen) atoms. The molecule has 0 aromatic carbocycles. The number of rotatable bonds is 4. The van der Waals surface area contributed by atoms with Crippen LogP contribution < -0.4 is 5.14 Å². The van der Waals surface area contributed by atoms with Crippen LogP contribution in [0.1, 0.15) is 38.6 Å². The Morgan fingerprint density at radius 2 is 2.06 bits per heavy atom. The highest BCUT2D eigenvalue weighted by molar-refractivity contribution is 7.89. The lowest BCUT2D eigenvalue weighted by Crippen LogP contribution is -2.20. The van der Waals surface area contributed by atoms with Gasteiger partial charge in [-0.2, -0.15) is 0 Å². The highest BCUT2D eigenvalue weighted by Crippen LogP contribution is 2.33. The van der Waals surface area contributed by atoms with Gasteiger partial charge in [-0.05, 0) is 32.6 Å². The maximum absolute atomic E-state index is 11.3. The number of nitrogens with zero attached hydrogens (tertiary/aromatic N) is 3. The largest absolute Gasteiger partial charge is 0.298 e. The van der Waals surface area contributed by atoms with Crippen molar-refractivity contribution in [3.8, 4) is 0 Å². The third-order valence-electron chi connectivity index (χ3n) is 2.67. The number of aromatic nitrogens is 3. The van der Waals surface area contributed by atoms with Crippen LogP contribution in [0.5, 0.6) is 0 Å². The Morgan fingerprint density at radius 3 is 2.50 bits per heavy atom. The lowest BCUT2D eigenvalue weighted by molar-refractivity contribution is 0.499. The molecule has 1 aliphatic rings. The van der Waals surface area contributed by atoms with Crippen molar-refractivity contribution in [2.24, 2.45) is 11.1 Å². The molecule has 0 bridgehead atoms. The van der Waals surface area contributed by atoms with E-state index in [1.165, 1.54) is 12.8 Å². The topological polar surface area (TPSA) is 90.9 Å². The van der Waals surface area contributed by atoms with Gasteiger partial charge in [0.05, 0.1) is 0 Å². The number of primary sulfonamides is 1. The van der Waals surface area contributed by atoms with Gasteiger partial charge in [0.2, 0.25) is 0 Å². The molecular weight excluding hydrogens is 228 g/mol. The zero-order chi connectivity index (χ0) is 11.9. The minimum Gasteiger partial charge on any atom is -0.298 e. The monoisotopic (exact) mass is 244 g/mol. The molecule has 0 spiro atoms. The molecule has 0 amide bonds. The van der Waals surface area contributed by atoms with E-state index >= 15 is 0 Å². The summed E-state index contributed by atoms with van der Waals surface area (Å²) in [5, 5.41) is 12.6. The van der Waals surface area contributed by atoms with E-state index < -0.39 is 10.0 Å². The SMILES string of the molecule is CC(C)n1c(CC2CC2)nnc1S(N)(=O)=O. The van der Waals surface area contributed by atoms with Crippen LogP contribution in [0.3, 0.4) is 0 Å². The maximum atomic E-state index is 11.3. The van der Waals surface area contributed by atoms with E-state index in [9.17, 15) is 8.42 Å². The smallest absolute Gasteiger partial charge is 0.273 e. The van der Waals surface area contributed by atoms with Gasteiger partial charge in [-0.3, -0.25) is 4.57 Å². The Labute approximate surface area is 94.9 Å². The van der Waals surface area contributed by atoms with Gasteiger partial charge in [-0.15, -0.1) is 10.2 Å². The second-order valence-electron chi connectivity index (χ2n) is 4.56. The van der Waals surface area contributed by atoms with E-state index in [1.807, 2.05) is 13.8 Å². The molecule has 1 aromatic rings. The van der Waals surface area contributed by atoms with E-state index in [1.54, 1.807) is 4.57 Å². The Hall–Kier alpha value is -0.950. The van der Waals surface area contributed by atoms with Gasteiger partial charge in [-0.1, -0.05) is 0 Å². The fraction of sp³-hybridized carbons (Fsp3) is 0.778. The van der Waals surface area contributed by atoms with E-state index in [0.717, 1.165) is 12.2 Å². The maximum Gasteiger partial charge on any atom is 0.273 e. The molecule has 0 aliphatic heterocycles. The van der Waals surface area contributed by atoms with Crippen molar-refractivity contribution in [3.63, 3.8) is 0 Å². The van der Waals surface area contributed by atoms with Crippen LogP contribution in [0.15, 0.2) is 5.16 Å². The first-order valence-corrected chi connectivity index (χ1v) is 6.91. The molecule has 0 radical (unpaired) electrons. The molecule has 90 valence electrons. The Morgan fingerprint density at radius 1 is 1.44 bits per heavy atom. The van der Waals surface area contributed by atoms with E-state index in [2.05, 4.69) is 10.2 Å². The molecule has 0 saturated heterocycles. The van der Waals surface area contributed by atoms with Crippen LogP contribution in [-0.2, 0) is 16.4 Å². The fourth-order valence-corrected chi connectivity index (χ4v) is 2.48. The van der Waals surface area contributed by atoms with Crippen molar-refractivity contribution in [1.82, 2.24) is 14.8 Å². The van der Waals surface area contributed by atoms with Gasteiger partial charge in [0.15, 0.2) is 0 Å². The normalized spacial score (nSPS) is 17.0. The number of hydrogen-bond donors (Lipinski definition) is 1. The van der Waals surface area contributed by atoms with Crippen molar-refractivity contribution in [2.75, 3.05) is 0 Å². The lowest BCUT2D eigenvalue weighted by atomic mass is 10.2. The van der Waals surface area contributed by atoms with Crippen LogP contribution >= 0.6 is 0 Å². The first-order chi connectivity index (χ1) is 7.39. The third kappa shape index (κ3) is 2.25. The van der Waals surface area contributed by atoms with Crippen molar-refractivity contribution in [1.29, 1.82) is 0 Å². The van der Waals surface area contributed by atoms with Crippen molar-refractivity contribution in [3.05, 3.63) is 5.82 Å². The summed E-state index contributed by atoms with van der Waals surface area (Å²) in [5.41, 5.74) is 0. The molecule has 2 N–H and O–H groups in total. The second-order valence-corrected chi connectivity index (χ2v) is 6.01. The van der Waals surface area contributed by atoms with Crippen LogP contribution in [-0.4, -0.2) is 23.2 Å². The quantitative estimate of drug-likeness (QED) is 0.833. The average molecular weight is 244 g/mol. The highest BCUT2D eigenvalue weighted by atomic mass is 32.2. The minimum atomic E-state index is -3.78. The predicted molar refractivity (Wildman–Crippen MR) is 58.2 cm³/mol. The van der Waals surface area contributed by atoms with E-state index in [-0.39, 0.29) is 11.2 Å². The first-order valence-electron chi connectivity index (χ1n) is 5.36. The third-order valence-corrected chi connectivity index (χ3v) is 3.46. The summed E-state index contributed by atoms with van der Waals surface area (Å²) in [4.78, 5) is 0. The van der Waals surface area contributed by atoms with Crippen LogP contribution in [0.25, 0.3) is 0 Å². The van der Waals surface area contributed by atoms with E-state index in [0.29, 0.717) is 5.92 Å². The molecule has 1 fully saturated rings. The number of nitrogens with two attached hydrogens (primary N) is 1. The van der Waals surface area contributed by atoms with Crippen molar-refractivity contribution < 1.29 is 8.42 Å². The van der Waals surface area contributed by atoms with Gasteiger partial charge in [0, 0.05) is 12.5 Å². The zero-order valence-electron chi connectivity index (χ0n) is 9.42. The van der Waals surface area contributed by atoms with Crippen molar-refractivity contribution in [2.45, 2.75) is 44.3 Å². The second kappa shape index (κ2) is 3.81. The predicted octanol–water partition coefficient (Wildman–Crippen LogP) is 0.459. The molecule has 1 aromatic heterocycles. The first kappa shape index (κ1) is 11.5. The molecule has 7 heteroatoms. The Bertz CT molecular complexity index is 488. The number of hydrogen-bond acceptors (Lipinski definition) is 4. The van der Waals surface area contributed by atoms with Gasteiger partial charge in [-0.25, -0.2) is 13.6 Å². The summed E-state index contributed by atoms with van der Waals surface area (Å²) in [6.07, 6.45) is 3.17. The van der Waals surface area contributed by atoms with Crippen LogP contribution in [0, 0.1) is 5.92 Å². The Kier molecular flexibility index (Phi) is 2.75. The average Bonchev–Trinajstić information content (AvgIpc) is 2.80. The molecule has 0 unspecified atom stereocenters. The van der Waals surface area contributed by atoms with Crippen LogP contribution in [0.4, 0.5) is 0 Å². The van der Waals surface area contributed by atoms with Crippen molar-refractivity contribution >= 4 is 10.0 Å². The van der Waals surface area contributed by atoms with E-state index in [4.69, 9.17) is 5.14 Å². The summed E-state index contributed by atoms with van der Waals surface area (Å²) in [5.74, 6) is 1.36. The molecule has 1 aliphatic carbocycles. The minimum absolute atomic E-state index is 0.00271. The van der Waals surface area contributed by atoms with Gasteiger partial charge >= 0.3 is 0 Å². The fourth-order valence-electron chi connectivity index (χ4n) is 1.74. The zero-order valence-corrected chi connectivity index (χ0v) is 10.2. The summed E-state index contributed by atoms with van der Waals surface area (Å²) in [7, 11) is -3.78. The van der Waals surface area contributed by atoms with Crippen LogP contribution in [0.2, 0.25) is 0 Å². The van der Waals surface area contributed by atoms with Gasteiger partial charge in [0.1, 0.15) is 5.82 Å². The summed E-state index contributed by atoms with van der Waals surface area (Å²) in [6, 6.07) is -0.00271. The molecule has 0 atom stereocenters. The summed E-state index contributed by atoms with van der Waals surface area (Å²) >= 11 is 0. The van der Waals surface area contributed by atoms with Gasteiger partial charge < -0.3 is 0 Å². The summed E-state index contributed by atoms with van der Waals surface area (Å²) in [6.45, 7) is 3.79. The standard InChI is InChI=1S/C9H16N4O2S/c1-6(2)13-8(5-7-3-4-7)11-12-9(13)16(10,14)15/h6-7H,3-5H2,1-2H3,(H2,10,14,15). The lowest BCUT2D eigenvalue weighted by Gasteiger charge is -2.12. The summed E-state index contributed by atoms with van der Waals surface area (Å²) < 4.78 is 24.3. The molecule has 6 nitrogen and oxygen atoms in total.